The molecular weight excluding hydrogens is 579 g/mol. The highest BCUT2D eigenvalue weighted by Crippen LogP contribution is 2.71. The number of nitriles is 1. The minimum absolute atomic E-state index is 0.0298. The van der Waals surface area contributed by atoms with Crippen LogP contribution >= 0.6 is 23.2 Å². The van der Waals surface area contributed by atoms with Crippen molar-refractivity contribution in [3.8, 4) is 11.8 Å². The van der Waals surface area contributed by atoms with Crippen LogP contribution in [0.2, 0.25) is 10.0 Å². The van der Waals surface area contributed by atoms with E-state index in [9.17, 15) is 50.3 Å². The summed E-state index contributed by atoms with van der Waals surface area (Å²) < 4.78 is 111. The number of amides is 1. The Hall–Kier alpha value is -3.58. The number of imidazole rings is 1. The Bertz CT molecular complexity index is 1440. The van der Waals surface area contributed by atoms with Crippen molar-refractivity contribution < 1.29 is 45.0 Å². The van der Waals surface area contributed by atoms with E-state index in [0.717, 1.165) is 12.5 Å². The third-order valence-corrected chi connectivity index (χ3v) is 6.37. The van der Waals surface area contributed by atoms with Crippen LogP contribution in [-0.2, 0) is 18.1 Å². The zero-order valence-electron chi connectivity index (χ0n) is 18.1. The van der Waals surface area contributed by atoms with Crippen LogP contribution in [0.5, 0.6) is 0 Å². The zero-order valence-corrected chi connectivity index (χ0v) is 19.6. The molecule has 2 heterocycles. The van der Waals surface area contributed by atoms with Gasteiger partial charge in [0.25, 0.3) is 5.92 Å². The van der Waals surface area contributed by atoms with Gasteiger partial charge in [0.05, 0.1) is 39.7 Å². The van der Waals surface area contributed by atoms with Crippen molar-refractivity contribution in [3.05, 3.63) is 57.2 Å². The maximum absolute atomic E-state index is 14.5. The molecule has 202 valence electrons. The van der Waals surface area contributed by atoms with Crippen LogP contribution in [0.4, 0.5) is 45.7 Å². The van der Waals surface area contributed by atoms with E-state index in [1.807, 2.05) is 0 Å². The topological polar surface area (TPSA) is 111 Å². The van der Waals surface area contributed by atoms with Gasteiger partial charge in [0.1, 0.15) is 17.6 Å². The van der Waals surface area contributed by atoms with E-state index in [4.69, 9.17) is 23.2 Å². The summed E-state index contributed by atoms with van der Waals surface area (Å²) in [5, 5.41) is 21.3. The Labute approximate surface area is 216 Å². The van der Waals surface area contributed by atoms with Gasteiger partial charge >= 0.3 is 18.4 Å². The SMILES string of the molecule is N#Cc1nn(-c2c(Cl)cc(C(F)(F)F)cc2Cl)c(N(Cc2cnc[nH]2)C(=O)O)c1C1(C(F)(F)F)CC1(F)F. The lowest BCUT2D eigenvalue weighted by Gasteiger charge is -2.26. The van der Waals surface area contributed by atoms with Crippen LogP contribution in [0, 0.1) is 11.3 Å². The number of carbonyl (C=O) groups is 1. The lowest BCUT2D eigenvalue weighted by atomic mass is 9.93. The molecule has 18 heteroatoms. The first-order valence-electron chi connectivity index (χ1n) is 9.98. The number of benzene rings is 1. The Morgan fingerprint density at radius 1 is 1.21 bits per heavy atom. The average Bonchev–Trinajstić information content (AvgIpc) is 3.12. The summed E-state index contributed by atoms with van der Waals surface area (Å²) in [5.41, 5.74) is -9.00. The summed E-state index contributed by atoms with van der Waals surface area (Å²) >= 11 is 11.9. The molecule has 1 saturated carbocycles. The van der Waals surface area contributed by atoms with Crippen molar-refractivity contribution in [1.82, 2.24) is 19.7 Å². The molecule has 8 nitrogen and oxygen atoms in total. The van der Waals surface area contributed by atoms with Gasteiger partial charge in [0.15, 0.2) is 11.1 Å². The molecule has 1 aliphatic carbocycles. The molecule has 2 aromatic heterocycles. The zero-order chi connectivity index (χ0) is 28.4. The first-order chi connectivity index (χ1) is 17.5. The number of anilines is 1. The number of nitrogens with zero attached hydrogens (tertiary/aromatic N) is 5. The quantitative estimate of drug-likeness (QED) is 0.339. The third kappa shape index (κ3) is 4.19. The highest BCUT2D eigenvalue weighted by molar-refractivity contribution is 6.38. The predicted octanol–water partition coefficient (Wildman–Crippen LogP) is 6.32. The number of aromatic amines is 1. The van der Waals surface area contributed by atoms with Gasteiger partial charge in [0.2, 0.25) is 0 Å². The number of nitrogens with one attached hydrogen (secondary N) is 1. The minimum Gasteiger partial charge on any atom is -0.465 e. The predicted molar refractivity (Wildman–Crippen MR) is 113 cm³/mol. The molecule has 1 aromatic carbocycles. The van der Waals surface area contributed by atoms with Crippen LogP contribution in [0.1, 0.15) is 28.9 Å². The molecule has 4 rings (SSSR count). The van der Waals surface area contributed by atoms with Crippen molar-refractivity contribution in [1.29, 1.82) is 5.26 Å². The smallest absolute Gasteiger partial charge is 0.416 e. The van der Waals surface area contributed by atoms with Crippen molar-refractivity contribution in [2.75, 3.05) is 4.90 Å². The summed E-state index contributed by atoms with van der Waals surface area (Å²) in [7, 11) is 0. The maximum atomic E-state index is 14.5. The highest BCUT2D eigenvalue weighted by atomic mass is 35.5. The fraction of sp³-hybridized carbons (Fsp3) is 0.300. The number of halogens is 10. The monoisotopic (exact) mass is 588 g/mol. The van der Waals surface area contributed by atoms with Crippen LogP contribution in [0.15, 0.2) is 24.7 Å². The third-order valence-electron chi connectivity index (χ3n) is 5.79. The Kier molecular flexibility index (Phi) is 6.31. The maximum Gasteiger partial charge on any atom is 0.416 e. The van der Waals surface area contributed by atoms with E-state index in [1.54, 1.807) is 0 Å². The van der Waals surface area contributed by atoms with Crippen molar-refractivity contribution in [2.24, 2.45) is 0 Å². The van der Waals surface area contributed by atoms with Crippen molar-refractivity contribution >= 4 is 35.1 Å². The number of H-pyrrole nitrogens is 1. The second-order valence-electron chi connectivity index (χ2n) is 8.09. The van der Waals surface area contributed by atoms with Crippen LogP contribution in [0.25, 0.3) is 5.69 Å². The molecule has 0 bridgehead atoms. The molecule has 1 unspecified atom stereocenters. The van der Waals surface area contributed by atoms with Gasteiger partial charge < -0.3 is 10.1 Å². The largest absolute Gasteiger partial charge is 0.465 e. The fourth-order valence-corrected chi connectivity index (χ4v) is 4.65. The van der Waals surface area contributed by atoms with E-state index in [1.165, 1.54) is 6.07 Å². The Balaban J connectivity index is 2.11. The minimum atomic E-state index is -5.71. The van der Waals surface area contributed by atoms with Crippen molar-refractivity contribution in [3.63, 3.8) is 0 Å². The van der Waals surface area contributed by atoms with E-state index in [-0.39, 0.29) is 15.3 Å². The molecule has 1 fully saturated rings. The van der Waals surface area contributed by atoms with Gasteiger partial charge in [-0.25, -0.2) is 23.2 Å². The van der Waals surface area contributed by atoms with Gasteiger partial charge in [0, 0.05) is 12.6 Å². The average molecular weight is 589 g/mol. The van der Waals surface area contributed by atoms with Gasteiger partial charge in [-0.2, -0.15) is 36.7 Å². The summed E-state index contributed by atoms with van der Waals surface area (Å²) in [6.07, 6.45) is -12.4. The van der Waals surface area contributed by atoms with Gasteiger partial charge in [-0.3, -0.25) is 4.90 Å². The highest BCUT2D eigenvalue weighted by Gasteiger charge is 2.86. The van der Waals surface area contributed by atoms with E-state index < -0.39 is 81.1 Å². The number of alkyl halides is 8. The van der Waals surface area contributed by atoms with Gasteiger partial charge in [-0.1, -0.05) is 23.2 Å². The molecule has 1 amide bonds. The number of hydrogen-bond acceptors (Lipinski definition) is 4. The van der Waals surface area contributed by atoms with E-state index in [0.29, 0.717) is 12.1 Å². The first-order valence-corrected chi connectivity index (χ1v) is 10.7. The molecule has 0 aliphatic heterocycles. The summed E-state index contributed by atoms with van der Waals surface area (Å²) in [4.78, 5) is 18.5. The van der Waals surface area contributed by atoms with Gasteiger partial charge in [-0.05, 0) is 12.1 Å². The second-order valence-corrected chi connectivity index (χ2v) is 8.90. The fourth-order valence-electron chi connectivity index (χ4n) is 4.00. The number of carboxylic acid groups (broad SMARTS) is 1. The molecule has 38 heavy (non-hydrogen) atoms. The lowest BCUT2D eigenvalue weighted by Crippen LogP contribution is -2.39. The number of rotatable bonds is 5. The standard InChI is InChI=1S/C20H10Cl2F8N6O2/c21-10-1-8(19(25,26)27)2-11(22)14(10)36-15(35(16(37)38)5-9-4-32-7-33-9)13(12(3-31)34-36)17(20(28,29)30)6-18(17,23)24/h1-2,4,7H,5-6H2,(H,32,33)(H,37,38). The molecule has 2 N–H and O–H groups in total. The first kappa shape index (κ1) is 27.5. The number of aromatic nitrogens is 4. The van der Waals surface area contributed by atoms with Crippen LogP contribution in [0.3, 0.4) is 0 Å². The van der Waals surface area contributed by atoms with Gasteiger partial charge in [-0.15, -0.1) is 0 Å². The van der Waals surface area contributed by atoms with Crippen molar-refractivity contribution in [2.45, 2.75) is 36.7 Å². The summed E-state index contributed by atoms with van der Waals surface area (Å²) in [6, 6.07) is 1.89. The Morgan fingerprint density at radius 3 is 2.18 bits per heavy atom. The summed E-state index contributed by atoms with van der Waals surface area (Å²) in [6.45, 7) is -0.825. The normalized spacial score (nSPS) is 18.8. The molecular formula is C20H10Cl2F8N6O2. The molecule has 1 aliphatic rings. The summed E-state index contributed by atoms with van der Waals surface area (Å²) in [5.74, 6) is -5.70. The molecule has 0 saturated heterocycles. The van der Waals surface area contributed by atoms with Crippen LogP contribution < -0.4 is 4.90 Å². The molecule has 1 atom stereocenters. The molecule has 0 spiro atoms. The van der Waals surface area contributed by atoms with Crippen LogP contribution in [-0.4, -0.2) is 43.0 Å². The Morgan fingerprint density at radius 2 is 1.79 bits per heavy atom. The second kappa shape index (κ2) is 8.73. The molecule has 0 radical (unpaired) electrons. The molecule has 3 aromatic rings. The van der Waals surface area contributed by atoms with E-state index in [2.05, 4.69) is 15.1 Å². The van der Waals surface area contributed by atoms with E-state index >= 15 is 0 Å². The lowest BCUT2D eigenvalue weighted by molar-refractivity contribution is -0.182. The number of hydrogen-bond donors (Lipinski definition) is 2.